The molecule has 0 bridgehead atoms. The highest BCUT2D eigenvalue weighted by Gasteiger charge is 2.20. The van der Waals surface area contributed by atoms with Gasteiger partial charge in [0.2, 0.25) is 0 Å². The van der Waals surface area contributed by atoms with Crippen molar-refractivity contribution in [2.45, 2.75) is 26.2 Å². The second-order valence-electron chi connectivity index (χ2n) is 6.15. The molecule has 0 spiro atoms. The predicted molar refractivity (Wildman–Crippen MR) is 100 cm³/mol. The van der Waals surface area contributed by atoms with Crippen molar-refractivity contribution in [2.75, 3.05) is 23.3 Å². The van der Waals surface area contributed by atoms with Crippen LogP contribution in [0.1, 0.15) is 35.7 Å². The van der Waals surface area contributed by atoms with Crippen LogP contribution in [-0.4, -0.2) is 25.0 Å². The number of anilines is 2. The predicted octanol–water partition coefficient (Wildman–Crippen LogP) is 3.81. The van der Waals surface area contributed by atoms with Gasteiger partial charge in [0, 0.05) is 30.0 Å². The van der Waals surface area contributed by atoms with E-state index in [1.807, 2.05) is 36.4 Å². The maximum atomic E-state index is 12.7. The average Bonchev–Trinajstić information content (AvgIpc) is 2.64. The average molecular weight is 337 g/mol. The molecule has 5 nitrogen and oxygen atoms in total. The van der Waals surface area contributed by atoms with E-state index in [4.69, 9.17) is 0 Å². The van der Waals surface area contributed by atoms with Gasteiger partial charge in [-0.15, -0.1) is 0 Å². The Morgan fingerprint density at radius 2 is 2.04 bits per heavy atom. The van der Waals surface area contributed by atoms with E-state index in [0.29, 0.717) is 18.7 Å². The van der Waals surface area contributed by atoms with Gasteiger partial charge >= 0.3 is 6.03 Å². The monoisotopic (exact) mass is 337 g/mol. The van der Waals surface area contributed by atoms with Gasteiger partial charge in [-0.2, -0.15) is 0 Å². The molecule has 2 aromatic carbocycles. The Morgan fingerprint density at radius 1 is 1.20 bits per heavy atom. The first-order chi connectivity index (χ1) is 12.2. The largest absolute Gasteiger partial charge is 0.338 e. The van der Waals surface area contributed by atoms with E-state index >= 15 is 0 Å². The maximum Gasteiger partial charge on any atom is 0.321 e. The summed E-state index contributed by atoms with van der Waals surface area (Å²) in [6.45, 7) is 3.48. The van der Waals surface area contributed by atoms with Gasteiger partial charge in [-0.3, -0.25) is 9.69 Å². The van der Waals surface area contributed by atoms with Crippen LogP contribution < -0.4 is 15.5 Å². The summed E-state index contributed by atoms with van der Waals surface area (Å²) in [5, 5.41) is 5.82. The first-order valence-electron chi connectivity index (χ1n) is 8.73. The smallest absolute Gasteiger partial charge is 0.321 e. The molecule has 5 heteroatoms. The Morgan fingerprint density at radius 3 is 2.84 bits per heavy atom. The summed E-state index contributed by atoms with van der Waals surface area (Å²) >= 11 is 0. The topological polar surface area (TPSA) is 61.4 Å². The molecule has 0 atom stereocenters. The Kier molecular flexibility index (Phi) is 5.33. The summed E-state index contributed by atoms with van der Waals surface area (Å²) < 4.78 is 0. The maximum absolute atomic E-state index is 12.7. The minimum absolute atomic E-state index is 0.114. The Bertz CT molecular complexity index is 773. The number of carbonyl (C=O) groups is 2. The zero-order valence-corrected chi connectivity index (χ0v) is 14.4. The molecule has 0 aliphatic carbocycles. The fraction of sp³-hybridized carbons (Fsp3) is 0.300. The van der Waals surface area contributed by atoms with Crippen LogP contribution in [0, 0.1) is 0 Å². The summed E-state index contributed by atoms with van der Waals surface area (Å²) in [6, 6.07) is 14.9. The number of amides is 3. The third kappa shape index (κ3) is 3.99. The number of benzene rings is 2. The highest BCUT2D eigenvalue weighted by molar-refractivity contribution is 6.05. The van der Waals surface area contributed by atoms with E-state index in [2.05, 4.69) is 17.6 Å². The quantitative estimate of drug-likeness (QED) is 0.871. The number of rotatable bonds is 5. The molecule has 3 rings (SSSR count). The van der Waals surface area contributed by atoms with Crippen molar-refractivity contribution in [1.29, 1.82) is 0 Å². The van der Waals surface area contributed by atoms with Crippen molar-refractivity contribution >= 4 is 23.3 Å². The number of carbonyl (C=O) groups excluding carboxylic acids is 2. The molecular weight excluding hydrogens is 314 g/mol. The standard InChI is InChI=1S/C20H23N3O2/c1-2-7-15-8-3-4-11-18(15)22-19(24)16-9-5-10-17(14-16)23-13-6-12-21-20(23)25/h3-5,8-11,14H,2,6-7,12-13H2,1H3,(H,21,25)(H,22,24). The van der Waals surface area contributed by atoms with Gasteiger partial charge in [-0.05, 0) is 42.7 Å². The lowest BCUT2D eigenvalue weighted by Gasteiger charge is -2.27. The van der Waals surface area contributed by atoms with E-state index in [-0.39, 0.29) is 11.9 Å². The van der Waals surface area contributed by atoms with Crippen molar-refractivity contribution in [1.82, 2.24) is 5.32 Å². The number of nitrogens with zero attached hydrogens (tertiary/aromatic N) is 1. The zero-order chi connectivity index (χ0) is 17.6. The summed E-state index contributed by atoms with van der Waals surface area (Å²) in [5.41, 5.74) is 3.26. The lowest BCUT2D eigenvalue weighted by atomic mass is 10.1. The number of hydrogen-bond acceptors (Lipinski definition) is 2. The van der Waals surface area contributed by atoms with Crippen LogP contribution in [0.3, 0.4) is 0 Å². The Hall–Kier alpha value is -2.82. The fourth-order valence-corrected chi connectivity index (χ4v) is 3.01. The van der Waals surface area contributed by atoms with Crippen LogP contribution in [-0.2, 0) is 6.42 Å². The van der Waals surface area contributed by atoms with Crippen molar-refractivity contribution in [2.24, 2.45) is 0 Å². The Balaban J connectivity index is 1.79. The highest BCUT2D eigenvalue weighted by Crippen LogP contribution is 2.21. The van der Waals surface area contributed by atoms with Gasteiger partial charge in [0.1, 0.15) is 0 Å². The van der Waals surface area contributed by atoms with Crippen LogP contribution in [0.4, 0.5) is 16.2 Å². The van der Waals surface area contributed by atoms with Crippen LogP contribution in [0.2, 0.25) is 0 Å². The summed E-state index contributed by atoms with van der Waals surface area (Å²) in [7, 11) is 0. The van der Waals surface area contributed by atoms with Gasteiger partial charge < -0.3 is 10.6 Å². The zero-order valence-electron chi connectivity index (χ0n) is 14.4. The van der Waals surface area contributed by atoms with Crippen LogP contribution in [0.15, 0.2) is 48.5 Å². The summed E-state index contributed by atoms with van der Waals surface area (Å²) in [5.74, 6) is -0.164. The number of aryl methyl sites for hydroxylation is 1. The number of urea groups is 1. The third-order valence-electron chi connectivity index (χ3n) is 4.28. The van der Waals surface area contributed by atoms with Gasteiger partial charge in [0.25, 0.3) is 5.91 Å². The molecule has 130 valence electrons. The van der Waals surface area contributed by atoms with Gasteiger partial charge in [0.15, 0.2) is 0 Å². The molecule has 2 aromatic rings. The Labute approximate surface area is 148 Å². The number of hydrogen-bond donors (Lipinski definition) is 2. The van der Waals surface area contributed by atoms with E-state index in [0.717, 1.165) is 36.2 Å². The molecule has 1 fully saturated rings. The second-order valence-corrected chi connectivity index (χ2v) is 6.15. The minimum atomic E-state index is -0.164. The first-order valence-corrected chi connectivity index (χ1v) is 8.73. The van der Waals surface area contributed by atoms with Crippen molar-refractivity contribution < 1.29 is 9.59 Å². The van der Waals surface area contributed by atoms with Gasteiger partial charge in [-0.1, -0.05) is 37.6 Å². The third-order valence-corrected chi connectivity index (χ3v) is 4.28. The summed E-state index contributed by atoms with van der Waals surface area (Å²) in [6.07, 6.45) is 2.84. The lowest BCUT2D eigenvalue weighted by Crippen LogP contribution is -2.46. The summed E-state index contributed by atoms with van der Waals surface area (Å²) in [4.78, 5) is 26.3. The molecule has 0 aromatic heterocycles. The van der Waals surface area contributed by atoms with Crippen molar-refractivity contribution in [3.8, 4) is 0 Å². The molecule has 2 N–H and O–H groups in total. The molecule has 3 amide bonds. The number of nitrogens with one attached hydrogen (secondary N) is 2. The van der Waals surface area contributed by atoms with E-state index in [1.54, 1.807) is 17.0 Å². The highest BCUT2D eigenvalue weighted by atomic mass is 16.2. The van der Waals surface area contributed by atoms with Crippen LogP contribution in [0.5, 0.6) is 0 Å². The fourth-order valence-electron chi connectivity index (χ4n) is 3.01. The normalized spacial score (nSPS) is 14.1. The van der Waals surface area contributed by atoms with E-state index < -0.39 is 0 Å². The first kappa shape index (κ1) is 17.0. The van der Waals surface area contributed by atoms with E-state index in [9.17, 15) is 9.59 Å². The number of para-hydroxylation sites is 1. The molecule has 1 heterocycles. The molecule has 0 saturated carbocycles. The SMILES string of the molecule is CCCc1ccccc1NC(=O)c1cccc(N2CCCNC2=O)c1. The van der Waals surface area contributed by atoms with Crippen LogP contribution in [0.25, 0.3) is 0 Å². The van der Waals surface area contributed by atoms with Crippen LogP contribution >= 0.6 is 0 Å². The van der Waals surface area contributed by atoms with Crippen molar-refractivity contribution in [3.63, 3.8) is 0 Å². The minimum Gasteiger partial charge on any atom is -0.338 e. The van der Waals surface area contributed by atoms with Gasteiger partial charge in [-0.25, -0.2) is 4.79 Å². The van der Waals surface area contributed by atoms with Gasteiger partial charge in [0.05, 0.1) is 0 Å². The molecule has 1 saturated heterocycles. The van der Waals surface area contributed by atoms with E-state index in [1.165, 1.54) is 0 Å². The molecule has 1 aliphatic rings. The molecule has 0 radical (unpaired) electrons. The molecule has 1 aliphatic heterocycles. The molecule has 25 heavy (non-hydrogen) atoms. The molecule has 0 unspecified atom stereocenters. The van der Waals surface area contributed by atoms with Crippen molar-refractivity contribution in [3.05, 3.63) is 59.7 Å². The lowest BCUT2D eigenvalue weighted by molar-refractivity contribution is 0.102. The molecular formula is C20H23N3O2. The second kappa shape index (κ2) is 7.83.